The summed E-state index contributed by atoms with van der Waals surface area (Å²) in [6, 6.07) is -1.10. The third-order valence-electron chi connectivity index (χ3n) is 2.34. The molecule has 2 atom stereocenters. The van der Waals surface area contributed by atoms with Crippen molar-refractivity contribution in [1.29, 1.82) is 0 Å². The van der Waals surface area contributed by atoms with Gasteiger partial charge in [0.15, 0.2) is 0 Å². The summed E-state index contributed by atoms with van der Waals surface area (Å²) in [5.41, 5.74) is 0. The quantitative estimate of drug-likeness (QED) is 0.585. The molecule has 1 aliphatic heterocycles. The second kappa shape index (κ2) is 3.65. The third kappa shape index (κ3) is 1.55. The molecule has 1 fully saturated rings. The van der Waals surface area contributed by atoms with Gasteiger partial charge in [-0.15, -0.1) is 0 Å². The number of likely N-dealkylation sites (N-methyl/N-ethyl adjacent to an activating group) is 1. The molecule has 0 radical (unpaired) electrons. The van der Waals surface area contributed by atoms with E-state index in [4.69, 9.17) is 5.11 Å². The Morgan fingerprint density at radius 3 is 2.57 bits per heavy atom. The van der Waals surface area contributed by atoms with E-state index < -0.39 is 23.9 Å². The fourth-order valence-electron chi connectivity index (χ4n) is 1.57. The number of aliphatic carboxylic acids is 1. The molecule has 0 unspecified atom stereocenters. The van der Waals surface area contributed by atoms with Crippen molar-refractivity contribution in [3.63, 3.8) is 0 Å². The number of esters is 1. The van der Waals surface area contributed by atoms with E-state index in [0.29, 0.717) is 0 Å². The van der Waals surface area contributed by atoms with Gasteiger partial charge < -0.3 is 14.7 Å². The molecule has 1 heterocycles. The highest BCUT2D eigenvalue weighted by molar-refractivity contribution is 5.95. The van der Waals surface area contributed by atoms with Gasteiger partial charge >= 0.3 is 11.9 Å². The molecule has 1 N–H and O–H groups in total. The van der Waals surface area contributed by atoms with E-state index in [1.54, 1.807) is 0 Å². The fraction of sp³-hybridized carbons (Fsp3) is 0.625. The molecule has 0 aliphatic carbocycles. The number of rotatable bonds is 2. The van der Waals surface area contributed by atoms with Gasteiger partial charge in [-0.1, -0.05) is 0 Å². The summed E-state index contributed by atoms with van der Waals surface area (Å²) < 4.78 is 4.43. The van der Waals surface area contributed by atoms with Crippen molar-refractivity contribution in [3.8, 4) is 0 Å². The zero-order valence-corrected chi connectivity index (χ0v) is 7.89. The van der Waals surface area contributed by atoms with E-state index in [-0.39, 0.29) is 12.3 Å². The van der Waals surface area contributed by atoms with E-state index >= 15 is 0 Å². The second-order valence-electron chi connectivity index (χ2n) is 3.12. The van der Waals surface area contributed by atoms with Crippen molar-refractivity contribution in [3.05, 3.63) is 0 Å². The minimum atomic E-state index is -1.19. The first kappa shape index (κ1) is 10.5. The third-order valence-corrected chi connectivity index (χ3v) is 2.34. The second-order valence-corrected chi connectivity index (χ2v) is 3.12. The maximum atomic E-state index is 11.2. The van der Waals surface area contributed by atoms with Crippen molar-refractivity contribution in [2.24, 2.45) is 5.92 Å². The van der Waals surface area contributed by atoms with Crippen LogP contribution in [0.1, 0.15) is 6.42 Å². The molecular weight excluding hydrogens is 190 g/mol. The largest absolute Gasteiger partial charge is 0.480 e. The topological polar surface area (TPSA) is 83.9 Å². The number of carbonyl (C=O) groups excluding carboxylic acids is 2. The standard InChI is InChI=1S/C8H11NO5/c1-9-5(10)3-4(8(13)14-2)6(9)7(11)12/h4,6H,3H2,1-2H3,(H,11,12)/t4-,6-/m1/s1. The minimum absolute atomic E-state index is 0.0971. The highest BCUT2D eigenvalue weighted by Crippen LogP contribution is 2.25. The summed E-state index contributed by atoms with van der Waals surface area (Å²) in [7, 11) is 2.54. The number of nitrogens with zero attached hydrogens (tertiary/aromatic N) is 1. The first-order chi connectivity index (χ1) is 6.49. The zero-order valence-electron chi connectivity index (χ0n) is 7.89. The van der Waals surface area contributed by atoms with Crippen LogP contribution in [0.4, 0.5) is 0 Å². The Kier molecular flexibility index (Phi) is 2.73. The minimum Gasteiger partial charge on any atom is -0.480 e. The summed E-state index contributed by atoms with van der Waals surface area (Å²) in [5.74, 6) is -3.09. The fourth-order valence-corrected chi connectivity index (χ4v) is 1.57. The maximum absolute atomic E-state index is 11.2. The van der Waals surface area contributed by atoms with Crippen LogP contribution in [0, 0.1) is 5.92 Å². The van der Waals surface area contributed by atoms with Crippen molar-refractivity contribution in [1.82, 2.24) is 4.90 Å². The SMILES string of the molecule is COC(=O)[C@@H]1CC(=O)N(C)[C@H]1C(=O)O. The van der Waals surface area contributed by atoms with Gasteiger partial charge in [-0.25, -0.2) is 4.79 Å². The van der Waals surface area contributed by atoms with Gasteiger partial charge in [0, 0.05) is 13.5 Å². The first-order valence-corrected chi connectivity index (χ1v) is 4.05. The molecule has 6 nitrogen and oxygen atoms in total. The van der Waals surface area contributed by atoms with E-state index in [1.807, 2.05) is 0 Å². The molecule has 6 heteroatoms. The van der Waals surface area contributed by atoms with Crippen molar-refractivity contribution < 1.29 is 24.2 Å². The van der Waals surface area contributed by atoms with E-state index in [2.05, 4.69) is 4.74 Å². The number of amides is 1. The molecular formula is C8H11NO5. The smallest absolute Gasteiger partial charge is 0.327 e. The zero-order chi connectivity index (χ0) is 10.9. The van der Waals surface area contributed by atoms with Crippen LogP contribution in [0.5, 0.6) is 0 Å². The summed E-state index contributed by atoms with van der Waals surface area (Å²) in [6.07, 6.45) is -0.0971. The van der Waals surface area contributed by atoms with Crippen LogP contribution in [-0.4, -0.2) is 48.1 Å². The Balaban J connectivity index is 2.91. The van der Waals surface area contributed by atoms with Crippen molar-refractivity contribution in [2.75, 3.05) is 14.2 Å². The molecule has 1 aliphatic rings. The van der Waals surface area contributed by atoms with E-state index in [1.165, 1.54) is 14.2 Å². The number of methoxy groups -OCH3 is 1. The number of ether oxygens (including phenoxy) is 1. The van der Waals surface area contributed by atoms with Gasteiger partial charge in [0.1, 0.15) is 6.04 Å². The monoisotopic (exact) mass is 201 g/mol. The molecule has 0 saturated carbocycles. The molecule has 1 saturated heterocycles. The average molecular weight is 201 g/mol. The lowest BCUT2D eigenvalue weighted by molar-refractivity contribution is -0.154. The van der Waals surface area contributed by atoms with Gasteiger partial charge in [0.05, 0.1) is 13.0 Å². The average Bonchev–Trinajstić information content (AvgIpc) is 2.42. The predicted octanol–water partition coefficient (Wildman–Crippen LogP) is -0.909. The van der Waals surface area contributed by atoms with Gasteiger partial charge in [0.2, 0.25) is 5.91 Å². The van der Waals surface area contributed by atoms with Crippen LogP contribution in [-0.2, 0) is 19.1 Å². The molecule has 0 aromatic heterocycles. The molecule has 14 heavy (non-hydrogen) atoms. The Hall–Kier alpha value is -1.59. The predicted molar refractivity (Wildman–Crippen MR) is 44.3 cm³/mol. The normalized spacial score (nSPS) is 26.4. The van der Waals surface area contributed by atoms with Gasteiger partial charge in [0.25, 0.3) is 0 Å². The summed E-state index contributed by atoms with van der Waals surface area (Å²) >= 11 is 0. The van der Waals surface area contributed by atoms with Crippen LogP contribution in [0.2, 0.25) is 0 Å². The number of hydrogen-bond acceptors (Lipinski definition) is 4. The van der Waals surface area contributed by atoms with Crippen LogP contribution in [0.15, 0.2) is 0 Å². The highest BCUT2D eigenvalue weighted by Gasteiger charge is 2.46. The van der Waals surface area contributed by atoms with E-state index in [9.17, 15) is 14.4 Å². The Morgan fingerprint density at radius 2 is 2.14 bits per heavy atom. The highest BCUT2D eigenvalue weighted by atomic mass is 16.5. The van der Waals surface area contributed by atoms with E-state index in [0.717, 1.165) is 4.90 Å². The van der Waals surface area contributed by atoms with Crippen LogP contribution < -0.4 is 0 Å². The molecule has 78 valence electrons. The molecule has 0 aromatic carbocycles. The van der Waals surface area contributed by atoms with Gasteiger partial charge in [-0.05, 0) is 0 Å². The Labute approximate surface area is 80.4 Å². The molecule has 0 spiro atoms. The lowest BCUT2D eigenvalue weighted by atomic mass is 10.0. The Morgan fingerprint density at radius 1 is 1.57 bits per heavy atom. The van der Waals surface area contributed by atoms with Gasteiger partial charge in [-0.3, -0.25) is 9.59 Å². The van der Waals surface area contributed by atoms with Crippen molar-refractivity contribution in [2.45, 2.75) is 12.5 Å². The number of carboxylic acid groups (broad SMARTS) is 1. The molecule has 0 bridgehead atoms. The maximum Gasteiger partial charge on any atom is 0.327 e. The van der Waals surface area contributed by atoms with Crippen LogP contribution in [0.25, 0.3) is 0 Å². The van der Waals surface area contributed by atoms with Gasteiger partial charge in [-0.2, -0.15) is 0 Å². The summed E-state index contributed by atoms with van der Waals surface area (Å²) in [4.78, 5) is 34.2. The molecule has 1 amide bonds. The molecule has 1 rings (SSSR count). The first-order valence-electron chi connectivity index (χ1n) is 4.05. The number of hydrogen-bond donors (Lipinski definition) is 1. The number of carbonyl (C=O) groups is 3. The molecule has 0 aromatic rings. The van der Waals surface area contributed by atoms with Crippen molar-refractivity contribution >= 4 is 17.8 Å². The number of carboxylic acids is 1. The summed E-state index contributed by atoms with van der Waals surface area (Å²) in [6.45, 7) is 0. The summed E-state index contributed by atoms with van der Waals surface area (Å²) in [5, 5.41) is 8.81. The number of likely N-dealkylation sites (tertiary alicyclic amines) is 1. The lowest BCUT2D eigenvalue weighted by Gasteiger charge is -2.18. The Bertz CT molecular complexity index is 287. The van der Waals surface area contributed by atoms with Crippen LogP contribution in [0.3, 0.4) is 0 Å². The lowest BCUT2D eigenvalue weighted by Crippen LogP contribution is -2.41. The van der Waals surface area contributed by atoms with Crippen LogP contribution >= 0.6 is 0 Å².